The molecule has 1 saturated carbocycles. The van der Waals surface area contributed by atoms with E-state index in [4.69, 9.17) is 5.73 Å². The summed E-state index contributed by atoms with van der Waals surface area (Å²) >= 11 is 0. The van der Waals surface area contributed by atoms with Crippen LogP contribution in [0.25, 0.3) is 0 Å². The van der Waals surface area contributed by atoms with E-state index in [2.05, 4.69) is 12.2 Å². The number of amides is 1. The summed E-state index contributed by atoms with van der Waals surface area (Å²) in [5, 5.41) is 3.04. The zero-order valence-corrected chi connectivity index (χ0v) is 11.8. The van der Waals surface area contributed by atoms with Crippen LogP contribution in [0.1, 0.15) is 59.8 Å². The summed E-state index contributed by atoms with van der Waals surface area (Å²) < 4.78 is 0. The van der Waals surface area contributed by atoms with Gasteiger partial charge in [-0.15, -0.1) is 0 Å². The number of rotatable bonds is 3. The summed E-state index contributed by atoms with van der Waals surface area (Å²) in [7, 11) is 0. The standard InChI is InChI=1S/C14H28N2O/c1-13(2,3)11(15)12(17)16-10-14(4)8-6-5-7-9-14/h11H,5-10,15H2,1-4H3,(H,16,17)/t11-/m0/s1. The molecule has 1 aliphatic carbocycles. The molecule has 100 valence electrons. The number of nitrogens with one attached hydrogen (secondary N) is 1. The quantitative estimate of drug-likeness (QED) is 0.796. The van der Waals surface area contributed by atoms with Crippen molar-refractivity contribution in [2.75, 3.05) is 6.54 Å². The van der Waals surface area contributed by atoms with Gasteiger partial charge in [-0.1, -0.05) is 47.0 Å². The predicted molar refractivity (Wildman–Crippen MR) is 71.6 cm³/mol. The highest BCUT2D eigenvalue weighted by Gasteiger charge is 2.31. The second-order valence-corrected chi connectivity index (χ2v) is 6.93. The molecule has 0 aromatic heterocycles. The lowest BCUT2D eigenvalue weighted by molar-refractivity contribution is -0.125. The highest BCUT2D eigenvalue weighted by Crippen LogP contribution is 2.35. The van der Waals surface area contributed by atoms with E-state index in [1.807, 2.05) is 20.8 Å². The van der Waals surface area contributed by atoms with E-state index < -0.39 is 6.04 Å². The molecule has 1 atom stereocenters. The molecule has 0 radical (unpaired) electrons. The second kappa shape index (κ2) is 5.38. The average Bonchev–Trinajstić information content (AvgIpc) is 2.25. The Bertz CT molecular complexity index is 262. The Morgan fingerprint density at radius 3 is 2.29 bits per heavy atom. The van der Waals surface area contributed by atoms with Crippen molar-refractivity contribution in [3.8, 4) is 0 Å². The van der Waals surface area contributed by atoms with Crippen LogP contribution in [-0.4, -0.2) is 18.5 Å². The van der Waals surface area contributed by atoms with Gasteiger partial charge in [-0.25, -0.2) is 0 Å². The molecule has 0 bridgehead atoms. The highest BCUT2D eigenvalue weighted by atomic mass is 16.2. The molecular formula is C14H28N2O. The zero-order chi connectivity index (χ0) is 13.1. The van der Waals surface area contributed by atoms with Gasteiger partial charge < -0.3 is 11.1 Å². The van der Waals surface area contributed by atoms with E-state index >= 15 is 0 Å². The lowest BCUT2D eigenvalue weighted by Crippen LogP contribution is -2.50. The molecule has 3 N–H and O–H groups in total. The van der Waals surface area contributed by atoms with E-state index in [0.29, 0.717) is 0 Å². The first-order chi connectivity index (χ1) is 7.75. The molecule has 1 fully saturated rings. The Hall–Kier alpha value is -0.570. The minimum absolute atomic E-state index is 0.00991. The van der Waals surface area contributed by atoms with Gasteiger partial charge in [0.15, 0.2) is 0 Å². The van der Waals surface area contributed by atoms with Gasteiger partial charge in [0.05, 0.1) is 6.04 Å². The Balaban J connectivity index is 2.42. The summed E-state index contributed by atoms with van der Waals surface area (Å²) in [6.07, 6.45) is 6.36. The normalized spacial score (nSPS) is 21.9. The van der Waals surface area contributed by atoms with E-state index in [-0.39, 0.29) is 16.7 Å². The van der Waals surface area contributed by atoms with Crippen molar-refractivity contribution in [3.63, 3.8) is 0 Å². The summed E-state index contributed by atoms with van der Waals surface area (Å²) in [4.78, 5) is 11.9. The van der Waals surface area contributed by atoms with Crippen molar-refractivity contribution in [2.24, 2.45) is 16.6 Å². The van der Waals surface area contributed by atoms with Crippen LogP contribution in [-0.2, 0) is 4.79 Å². The Morgan fingerprint density at radius 2 is 1.82 bits per heavy atom. The third kappa shape index (κ3) is 4.30. The maximum absolute atomic E-state index is 11.9. The van der Waals surface area contributed by atoms with Crippen LogP contribution in [0.4, 0.5) is 0 Å². The molecule has 0 unspecified atom stereocenters. The van der Waals surface area contributed by atoms with Gasteiger partial charge in [0.2, 0.25) is 5.91 Å². The molecule has 0 saturated heterocycles. The third-order valence-corrected chi connectivity index (χ3v) is 3.97. The van der Waals surface area contributed by atoms with Crippen molar-refractivity contribution < 1.29 is 4.79 Å². The molecule has 0 aliphatic heterocycles. The summed E-state index contributed by atoms with van der Waals surface area (Å²) in [6.45, 7) is 9.05. The van der Waals surface area contributed by atoms with Gasteiger partial charge in [-0.3, -0.25) is 4.79 Å². The van der Waals surface area contributed by atoms with Crippen molar-refractivity contribution in [2.45, 2.75) is 65.8 Å². The Labute approximate surface area is 106 Å². The Morgan fingerprint density at radius 1 is 1.29 bits per heavy atom. The molecule has 3 heteroatoms. The van der Waals surface area contributed by atoms with Gasteiger partial charge in [-0.2, -0.15) is 0 Å². The van der Waals surface area contributed by atoms with Crippen molar-refractivity contribution in [1.29, 1.82) is 0 Å². The Kier molecular flexibility index (Phi) is 4.59. The maximum Gasteiger partial charge on any atom is 0.237 e. The first kappa shape index (κ1) is 14.5. The lowest BCUT2D eigenvalue weighted by atomic mass is 9.75. The fourth-order valence-electron chi connectivity index (χ4n) is 2.39. The van der Waals surface area contributed by atoms with Crippen LogP contribution in [0.2, 0.25) is 0 Å². The fraction of sp³-hybridized carbons (Fsp3) is 0.929. The fourth-order valence-corrected chi connectivity index (χ4v) is 2.39. The minimum atomic E-state index is -0.422. The lowest BCUT2D eigenvalue weighted by Gasteiger charge is -2.35. The predicted octanol–water partition coefficient (Wildman–Crippen LogP) is 2.45. The van der Waals surface area contributed by atoms with Gasteiger partial charge >= 0.3 is 0 Å². The van der Waals surface area contributed by atoms with Gasteiger partial charge in [0, 0.05) is 6.54 Å². The van der Waals surface area contributed by atoms with Crippen LogP contribution in [0.3, 0.4) is 0 Å². The molecular weight excluding hydrogens is 212 g/mol. The molecule has 1 aliphatic rings. The van der Waals surface area contributed by atoms with E-state index in [1.165, 1.54) is 32.1 Å². The first-order valence-corrected chi connectivity index (χ1v) is 6.78. The SMILES string of the molecule is CC1(CNC(=O)[C@H](N)C(C)(C)C)CCCCC1. The molecule has 0 aromatic carbocycles. The third-order valence-electron chi connectivity index (χ3n) is 3.97. The van der Waals surface area contributed by atoms with Crippen LogP contribution in [0, 0.1) is 10.8 Å². The molecule has 0 heterocycles. The van der Waals surface area contributed by atoms with Crippen LogP contribution in [0.5, 0.6) is 0 Å². The van der Waals surface area contributed by atoms with Gasteiger partial charge in [0.1, 0.15) is 0 Å². The monoisotopic (exact) mass is 240 g/mol. The van der Waals surface area contributed by atoms with E-state index in [9.17, 15) is 4.79 Å². The van der Waals surface area contributed by atoms with Crippen molar-refractivity contribution in [3.05, 3.63) is 0 Å². The molecule has 3 nitrogen and oxygen atoms in total. The van der Waals surface area contributed by atoms with E-state index in [0.717, 1.165) is 6.54 Å². The van der Waals surface area contributed by atoms with Crippen molar-refractivity contribution >= 4 is 5.91 Å². The van der Waals surface area contributed by atoms with Crippen LogP contribution >= 0.6 is 0 Å². The second-order valence-electron chi connectivity index (χ2n) is 6.93. The molecule has 0 aromatic rings. The highest BCUT2D eigenvalue weighted by molar-refractivity contribution is 5.82. The number of hydrogen-bond acceptors (Lipinski definition) is 2. The summed E-state index contributed by atoms with van der Waals surface area (Å²) in [5.41, 5.74) is 6.06. The van der Waals surface area contributed by atoms with Gasteiger partial charge in [-0.05, 0) is 23.7 Å². The molecule has 1 amide bonds. The largest absolute Gasteiger partial charge is 0.354 e. The number of hydrogen-bond donors (Lipinski definition) is 2. The average molecular weight is 240 g/mol. The first-order valence-electron chi connectivity index (χ1n) is 6.78. The minimum Gasteiger partial charge on any atom is -0.354 e. The van der Waals surface area contributed by atoms with Crippen LogP contribution < -0.4 is 11.1 Å². The summed E-state index contributed by atoms with van der Waals surface area (Å²) in [5.74, 6) is -0.00991. The maximum atomic E-state index is 11.9. The number of carbonyl (C=O) groups excluding carboxylic acids is 1. The summed E-state index contributed by atoms with van der Waals surface area (Å²) in [6, 6.07) is -0.422. The zero-order valence-electron chi connectivity index (χ0n) is 11.8. The van der Waals surface area contributed by atoms with Crippen molar-refractivity contribution in [1.82, 2.24) is 5.32 Å². The molecule has 0 spiro atoms. The number of nitrogens with two attached hydrogens (primary N) is 1. The number of carbonyl (C=O) groups is 1. The smallest absolute Gasteiger partial charge is 0.237 e. The van der Waals surface area contributed by atoms with E-state index in [1.54, 1.807) is 0 Å². The molecule has 1 rings (SSSR count). The van der Waals surface area contributed by atoms with Crippen LogP contribution in [0.15, 0.2) is 0 Å². The molecule has 17 heavy (non-hydrogen) atoms. The topological polar surface area (TPSA) is 55.1 Å². The van der Waals surface area contributed by atoms with Gasteiger partial charge in [0.25, 0.3) is 0 Å².